The van der Waals surface area contributed by atoms with E-state index in [-0.39, 0.29) is 18.0 Å². The number of carbonyl (C=O) groups excluding carboxylic acids is 1. The molecule has 0 aliphatic carbocycles. The maximum atomic E-state index is 12.6. The summed E-state index contributed by atoms with van der Waals surface area (Å²) in [6, 6.07) is 11.8. The van der Waals surface area contributed by atoms with Gasteiger partial charge in [0.2, 0.25) is 5.91 Å². The zero-order valence-electron chi connectivity index (χ0n) is 15.1. The van der Waals surface area contributed by atoms with E-state index in [1.807, 2.05) is 19.1 Å². The molecule has 0 spiro atoms. The second-order valence-corrected chi connectivity index (χ2v) is 5.66. The first-order valence-electron chi connectivity index (χ1n) is 8.21. The van der Waals surface area contributed by atoms with Crippen LogP contribution in [-0.4, -0.2) is 36.5 Å². The predicted molar refractivity (Wildman–Crippen MR) is 97.4 cm³/mol. The number of hydrogen-bond acceptors (Lipinski definition) is 5. The Morgan fingerprint density at radius 3 is 2.42 bits per heavy atom. The van der Waals surface area contributed by atoms with Gasteiger partial charge in [0.15, 0.2) is 11.5 Å². The van der Waals surface area contributed by atoms with Crippen molar-refractivity contribution >= 4 is 11.6 Å². The summed E-state index contributed by atoms with van der Waals surface area (Å²) in [4.78, 5) is 25.0. The molecule has 26 heavy (non-hydrogen) atoms. The van der Waals surface area contributed by atoms with Crippen molar-refractivity contribution in [3.63, 3.8) is 0 Å². The summed E-state index contributed by atoms with van der Waals surface area (Å²) in [7, 11) is 3.12. The van der Waals surface area contributed by atoms with Crippen molar-refractivity contribution in [3.05, 3.63) is 63.7 Å². The number of benzene rings is 2. The Labute approximate surface area is 152 Å². The lowest BCUT2D eigenvalue weighted by molar-refractivity contribution is -0.385. The van der Waals surface area contributed by atoms with Gasteiger partial charge in [-0.15, -0.1) is 0 Å². The van der Waals surface area contributed by atoms with Crippen LogP contribution in [0.3, 0.4) is 0 Å². The van der Waals surface area contributed by atoms with Crippen LogP contribution in [0.5, 0.6) is 11.5 Å². The molecule has 0 saturated heterocycles. The third-order valence-corrected chi connectivity index (χ3v) is 4.09. The topological polar surface area (TPSA) is 81.9 Å². The Morgan fingerprint density at radius 2 is 1.81 bits per heavy atom. The van der Waals surface area contributed by atoms with Crippen LogP contribution in [0.25, 0.3) is 0 Å². The molecule has 7 nitrogen and oxygen atoms in total. The summed E-state index contributed by atoms with van der Waals surface area (Å²) in [5.74, 6) is 1.04. The summed E-state index contributed by atoms with van der Waals surface area (Å²) in [5.41, 5.74) is 1.26. The highest BCUT2D eigenvalue weighted by atomic mass is 16.6. The van der Waals surface area contributed by atoms with E-state index in [1.54, 1.807) is 43.4 Å². The van der Waals surface area contributed by atoms with E-state index in [0.717, 1.165) is 5.56 Å². The van der Waals surface area contributed by atoms with Crippen LogP contribution < -0.4 is 9.47 Å². The molecule has 0 atom stereocenters. The fourth-order valence-electron chi connectivity index (χ4n) is 2.69. The first-order chi connectivity index (χ1) is 12.5. The van der Waals surface area contributed by atoms with Gasteiger partial charge >= 0.3 is 0 Å². The number of rotatable bonds is 8. The molecular formula is C19H22N2O5. The monoisotopic (exact) mass is 358 g/mol. The lowest BCUT2D eigenvalue weighted by Crippen LogP contribution is -2.31. The van der Waals surface area contributed by atoms with Crippen LogP contribution >= 0.6 is 0 Å². The van der Waals surface area contributed by atoms with Crippen LogP contribution in [0.4, 0.5) is 5.69 Å². The molecule has 0 saturated carbocycles. The van der Waals surface area contributed by atoms with Crippen molar-refractivity contribution in [1.29, 1.82) is 0 Å². The molecule has 2 aromatic carbocycles. The van der Waals surface area contributed by atoms with Crippen LogP contribution in [-0.2, 0) is 17.8 Å². The molecule has 0 aliphatic heterocycles. The zero-order chi connectivity index (χ0) is 19.1. The average Bonchev–Trinajstić information content (AvgIpc) is 2.65. The molecule has 7 heteroatoms. The summed E-state index contributed by atoms with van der Waals surface area (Å²) in [5, 5.41) is 11.1. The van der Waals surface area contributed by atoms with Crippen molar-refractivity contribution in [2.75, 3.05) is 20.8 Å². The van der Waals surface area contributed by atoms with Crippen molar-refractivity contribution in [2.45, 2.75) is 19.9 Å². The van der Waals surface area contributed by atoms with Gasteiger partial charge in [-0.1, -0.05) is 24.3 Å². The Hall–Kier alpha value is -3.09. The predicted octanol–water partition coefficient (Wildman–Crippen LogP) is 3.20. The number of methoxy groups -OCH3 is 2. The van der Waals surface area contributed by atoms with Crippen LogP contribution in [0.1, 0.15) is 18.1 Å². The number of nitro benzene ring substituents is 1. The Bertz CT molecular complexity index is 791. The van der Waals surface area contributed by atoms with E-state index in [1.165, 1.54) is 6.07 Å². The summed E-state index contributed by atoms with van der Waals surface area (Å²) in [6.45, 7) is 2.75. The number of carbonyl (C=O) groups is 1. The van der Waals surface area contributed by atoms with Crippen molar-refractivity contribution in [2.24, 2.45) is 0 Å². The van der Waals surface area contributed by atoms with Crippen molar-refractivity contribution in [3.8, 4) is 11.5 Å². The van der Waals surface area contributed by atoms with E-state index in [0.29, 0.717) is 30.2 Å². The number of nitrogens with zero attached hydrogens (tertiary/aromatic N) is 2. The zero-order valence-corrected chi connectivity index (χ0v) is 15.1. The van der Waals surface area contributed by atoms with E-state index in [4.69, 9.17) is 9.47 Å². The molecule has 0 unspecified atom stereocenters. The minimum Gasteiger partial charge on any atom is -0.493 e. The lowest BCUT2D eigenvalue weighted by Gasteiger charge is -2.21. The Balaban J connectivity index is 2.16. The van der Waals surface area contributed by atoms with Gasteiger partial charge in [0, 0.05) is 24.7 Å². The fraction of sp³-hybridized carbons (Fsp3) is 0.316. The van der Waals surface area contributed by atoms with Gasteiger partial charge in [-0.3, -0.25) is 14.9 Å². The van der Waals surface area contributed by atoms with Gasteiger partial charge < -0.3 is 14.4 Å². The normalized spacial score (nSPS) is 10.3. The maximum Gasteiger partial charge on any atom is 0.273 e. The second kappa shape index (κ2) is 8.84. The Morgan fingerprint density at radius 1 is 1.12 bits per heavy atom. The first kappa shape index (κ1) is 19.2. The molecule has 0 fully saturated rings. The average molecular weight is 358 g/mol. The quantitative estimate of drug-likeness (QED) is 0.535. The SMILES string of the molecule is CCN(Cc1ccc(OC)c(OC)c1)C(=O)Cc1ccccc1[N+](=O)[O-]. The highest BCUT2D eigenvalue weighted by Gasteiger charge is 2.19. The number of amides is 1. The van der Waals surface area contributed by atoms with Crippen molar-refractivity contribution in [1.82, 2.24) is 4.90 Å². The molecule has 138 valence electrons. The summed E-state index contributed by atoms with van der Waals surface area (Å²) < 4.78 is 10.5. The minimum atomic E-state index is -0.465. The van der Waals surface area contributed by atoms with Crippen LogP contribution in [0.2, 0.25) is 0 Å². The molecule has 0 aliphatic rings. The molecule has 2 rings (SSSR count). The van der Waals surface area contributed by atoms with E-state index in [9.17, 15) is 14.9 Å². The molecule has 2 aromatic rings. The van der Waals surface area contributed by atoms with Gasteiger partial charge in [-0.05, 0) is 24.6 Å². The third-order valence-electron chi connectivity index (χ3n) is 4.09. The van der Waals surface area contributed by atoms with Gasteiger partial charge in [0.25, 0.3) is 5.69 Å². The molecule has 0 heterocycles. The minimum absolute atomic E-state index is 0.0156. The summed E-state index contributed by atoms with van der Waals surface area (Å²) in [6.07, 6.45) is -0.0156. The van der Waals surface area contributed by atoms with Gasteiger partial charge in [-0.2, -0.15) is 0 Å². The van der Waals surface area contributed by atoms with Crippen molar-refractivity contribution < 1.29 is 19.2 Å². The maximum absolute atomic E-state index is 12.6. The van der Waals surface area contributed by atoms with Crippen LogP contribution in [0, 0.1) is 10.1 Å². The molecule has 0 N–H and O–H groups in total. The smallest absolute Gasteiger partial charge is 0.273 e. The molecule has 1 amide bonds. The number of hydrogen-bond donors (Lipinski definition) is 0. The van der Waals surface area contributed by atoms with Gasteiger partial charge in [-0.25, -0.2) is 0 Å². The molecule has 0 bridgehead atoms. The number of likely N-dealkylation sites (N-methyl/N-ethyl adjacent to an activating group) is 1. The van der Waals surface area contributed by atoms with Gasteiger partial charge in [0.1, 0.15) is 0 Å². The number of nitro groups is 1. The van der Waals surface area contributed by atoms with E-state index >= 15 is 0 Å². The van der Waals surface area contributed by atoms with E-state index in [2.05, 4.69) is 0 Å². The first-order valence-corrected chi connectivity index (χ1v) is 8.21. The van der Waals surface area contributed by atoms with Gasteiger partial charge in [0.05, 0.1) is 25.6 Å². The molecule has 0 aromatic heterocycles. The largest absolute Gasteiger partial charge is 0.493 e. The highest BCUT2D eigenvalue weighted by Crippen LogP contribution is 2.28. The standard InChI is InChI=1S/C19H22N2O5/c1-4-20(13-14-9-10-17(25-2)18(11-14)26-3)19(22)12-15-7-5-6-8-16(15)21(23)24/h5-11H,4,12-13H2,1-3H3. The second-order valence-electron chi connectivity index (χ2n) is 5.66. The fourth-order valence-corrected chi connectivity index (χ4v) is 2.69. The number of ether oxygens (including phenoxy) is 2. The lowest BCUT2D eigenvalue weighted by atomic mass is 10.1. The number of para-hydroxylation sites is 1. The highest BCUT2D eigenvalue weighted by molar-refractivity contribution is 5.80. The molecule has 0 radical (unpaired) electrons. The van der Waals surface area contributed by atoms with Crippen LogP contribution in [0.15, 0.2) is 42.5 Å². The van der Waals surface area contributed by atoms with E-state index < -0.39 is 4.92 Å². The third kappa shape index (κ3) is 4.50. The summed E-state index contributed by atoms with van der Waals surface area (Å²) >= 11 is 0. The molecular weight excluding hydrogens is 336 g/mol. The Kier molecular flexibility index (Phi) is 6.54.